The van der Waals surface area contributed by atoms with E-state index in [4.69, 9.17) is 5.73 Å². The summed E-state index contributed by atoms with van der Waals surface area (Å²) in [5, 5.41) is 12.4. The Morgan fingerprint density at radius 2 is 1.75 bits per heavy atom. The van der Waals surface area contributed by atoms with Crippen molar-refractivity contribution in [2.75, 3.05) is 7.05 Å². The normalized spacial score (nSPS) is 20.2. The molecule has 0 rings (SSSR count). The van der Waals surface area contributed by atoms with Crippen LogP contribution in [0.2, 0.25) is 0 Å². The van der Waals surface area contributed by atoms with Crippen LogP contribution in [0.5, 0.6) is 0 Å². The minimum atomic E-state index is -0.740. The second-order valence-corrected chi connectivity index (χ2v) is 4.11. The van der Waals surface area contributed by atoms with Crippen LogP contribution in [-0.4, -0.2) is 24.4 Å². The molecule has 3 unspecified atom stereocenters. The zero-order valence-corrected chi connectivity index (χ0v) is 8.76. The van der Waals surface area contributed by atoms with Gasteiger partial charge in [0, 0.05) is 12.0 Å². The largest absolute Gasteiger partial charge is 0.379 e. The molecular weight excluding hydrogens is 152 g/mol. The molecular formula is C9H22N2O. The number of nitrogens with one attached hydrogen (secondary N) is 1. The van der Waals surface area contributed by atoms with E-state index in [0.29, 0.717) is 6.04 Å². The van der Waals surface area contributed by atoms with Crippen LogP contribution in [0.15, 0.2) is 0 Å². The predicted octanol–water partition coefficient (Wildman–Crippen LogP) is 0.534. The van der Waals surface area contributed by atoms with Gasteiger partial charge < -0.3 is 16.2 Å². The maximum atomic E-state index is 9.25. The molecule has 12 heavy (non-hydrogen) atoms. The molecule has 4 N–H and O–H groups in total. The Hall–Kier alpha value is -0.120. The molecule has 0 aromatic rings. The van der Waals surface area contributed by atoms with E-state index in [1.165, 1.54) is 0 Å². The molecule has 0 aromatic carbocycles. The molecule has 74 valence electrons. The van der Waals surface area contributed by atoms with Gasteiger partial charge in [-0.2, -0.15) is 0 Å². The minimum absolute atomic E-state index is 0.00289. The Bertz CT molecular complexity index is 134. The van der Waals surface area contributed by atoms with E-state index >= 15 is 0 Å². The lowest BCUT2D eigenvalue weighted by molar-refractivity contribution is 0.0328. The van der Waals surface area contributed by atoms with Crippen LogP contribution < -0.4 is 11.1 Å². The molecule has 3 atom stereocenters. The molecule has 0 fully saturated rings. The minimum Gasteiger partial charge on any atom is -0.379 e. The lowest BCUT2D eigenvalue weighted by Gasteiger charge is -2.38. The summed E-state index contributed by atoms with van der Waals surface area (Å²) >= 11 is 0. The number of hydrogen-bond donors (Lipinski definition) is 3. The van der Waals surface area contributed by atoms with Gasteiger partial charge in [0.05, 0.1) is 0 Å². The van der Waals surface area contributed by atoms with E-state index in [1.807, 2.05) is 14.0 Å². The zero-order valence-electron chi connectivity index (χ0n) is 8.76. The van der Waals surface area contributed by atoms with E-state index < -0.39 is 6.23 Å². The molecule has 0 radical (unpaired) electrons. The topological polar surface area (TPSA) is 58.3 Å². The van der Waals surface area contributed by atoms with Gasteiger partial charge in [-0.05, 0) is 19.4 Å². The van der Waals surface area contributed by atoms with Crippen molar-refractivity contribution in [3.8, 4) is 0 Å². The third-order valence-electron chi connectivity index (χ3n) is 3.23. The summed E-state index contributed by atoms with van der Waals surface area (Å²) in [4.78, 5) is 0. The van der Waals surface area contributed by atoms with Gasteiger partial charge in [-0.1, -0.05) is 20.8 Å². The van der Waals surface area contributed by atoms with Crippen LogP contribution >= 0.6 is 0 Å². The molecule has 0 saturated heterocycles. The van der Waals surface area contributed by atoms with Crippen molar-refractivity contribution in [2.45, 2.75) is 40.0 Å². The number of rotatable bonds is 4. The summed E-state index contributed by atoms with van der Waals surface area (Å²) in [6, 6.07) is 0.339. The fourth-order valence-corrected chi connectivity index (χ4v) is 1.21. The highest BCUT2D eigenvalue weighted by atomic mass is 16.3. The lowest BCUT2D eigenvalue weighted by atomic mass is 9.74. The summed E-state index contributed by atoms with van der Waals surface area (Å²) in [6.45, 7) is 8.28. The van der Waals surface area contributed by atoms with Crippen molar-refractivity contribution < 1.29 is 5.11 Å². The molecule has 0 spiro atoms. The second kappa shape index (κ2) is 4.21. The Labute approximate surface area is 75.3 Å². The van der Waals surface area contributed by atoms with Gasteiger partial charge in [-0.3, -0.25) is 0 Å². The summed E-state index contributed by atoms with van der Waals surface area (Å²) in [5.41, 5.74) is 5.45. The molecule has 3 nitrogen and oxygen atoms in total. The summed E-state index contributed by atoms with van der Waals surface area (Å²) in [7, 11) is 1.92. The molecule has 0 bridgehead atoms. The number of aliphatic hydroxyl groups is 1. The molecule has 0 amide bonds. The standard InChI is InChI=1S/C9H22N2O/c1-6(8(10)12)9(3,4)7(2)11-5/h6-8,11-12H,10H2,1-5H3. The van der Waals surface area contributed by atoms with Crippen LogP contribution in [0.4, 0.5) is 0 Å². The maximum Gasteiger partial charge on any atom is 0.105 e. The molecule has 0 aliphatic carbocycles. The Kier molecular flexibility index (Phi) is 4.17. The van der Waals surface area contributed by atoms with E-state index in [2.05, 4.69) is 26.1 Å². The Morgan fingerprint density at radius 1 is 1.33 bits per heavy atom. The molecule has 0 saturated carbocycles. The Balaban J connectivity index is 4.37. The summed E-state index contributed by atoms with van der Waals surface area (Å²) < 4.78 is 0. The van der Waals surface area contributed by atoms with Crippen molar-refractivity contribution in [3.05, 3.63) is 0 Å². The molecule has 0 aromatic heterocycles. The van der Waals surface area contributed by atoms with Gasteiger partial charge in [0.25, 0.3) is 0 Å². The van der Waals surface area contributed by atoms with Crippen LogP contribution in [0.25, 0.3) is 0 Å². The maximum absolute atomic E-state index is 9.25. The van der Waals surface area contributed by atoms with Gasteiger partial charge in [-0.25, -0.2) is 0 Å². The highest BCUT2D eigenvalue weighted by Gasteiger charge is 2.33. The van der Waals surface area contributed by atoms with Crippen molar-refractivity contribution in [1.82, 2.24) is 5.32 Å². The quantitative estimate of drug-likeness (QED) is 0.545. The first-order valence-electron chi connectivity index (χ1n) is 4.45. The fraction of sp³-hybridized carbons (Fsp3) is 1.00. The lowest BCUT2D eigenvalue weighted by Crippen LogP contribution is -2.47. The first-order chi connectivity index (χ1) is 5.34. The van der Waals surface area contributed by atoms with E-state index in [-0.39, 0.29) is 11.3 Å². The number of nitrogens with two attached hydrogens (primary N) is 1. The van der Waals surface area contributed by atoms with Crippen LogP contribution in [-0.2, 0) is 0 Å². The molecule has 0 aliphatic rings. The Morgan fingerprint density at radius 3 is 2.00 bits per heavy atom. The third kappa shape index (κ3) is 2.44. The van der Waals surface area contributed by atoms with Crippen molar-refractivity contribution in [3.63, 3.8) is 0 Å². The highest BCUT2D eigenvalue weighted by Crippen LogP contribution is 2.31. The highest BCUT2D eigenvalue weighted by molar-refractivity contribution is 4.86. The smallest absolute Gasteiger partial charge is 0.105 e. The van der Waals surface area contributed by atoms with Crippen molar-refractivity contribution >= 4 is 0 Å². The van der Waals surface area contributed by atoms with E-state index in [1.54, 1.807) is 0 Å². The van der Waals surface area contributed by atoms with Gasteiger partial charge in [0.1, 0.15) is 6.23 Å². The predicted molar refractivity (Wildman–Crippen MR) is 51.7 cm³/mol. The average Bonchev–Trinajstić information content (AvgIpc) is 2.01. The van der Waals surface area contributed by atoms with Crippen molar-refractivity contribution in [1.29, 1.82) is 0 Å². The SMILES string of the molecule is CNC(C)C(C)(C)C(C)C(N)O. The molecule has 3 heteroatoms. The summed E-state index contributed by atoms with van der Waals surface area (Å²) in [6.07, 6.45) is -0.740. The first kappa shape index (κ1) is 11.9. The van der Waals surface area contributed by atoms with E-state index in [9.17, 15) is 5.11 Å². The average molecular weight is 174 g/mol. The fourth-order valence-electron chi connectivity index (χ4n) is 1.21. The van der Waals surface area contributed by atoms with E-state index in [0.717, 1.165) is 0 Å². The van der Waals surface area contributed by atoms with Gasteiger partial charge in [-0.15, -0.1) is 0 Å². The number of aliphatic hydroxyl groups excluding tert-OH is 1. The molecule has 0 heterocycles. The van der Waals surface area contributed by atoms with Crippen LogP contribution in [0, 0.1) is 11.3 Å². The molecule has 0 aliphatic heterocycles. The van der Waals surface area contributed by atoms with Gasteiger partial charge in [0.15, 0.2) is 0 Å². The zero-order chi connectivity index (χ0) is 9.94. The van der Waals surface area contributed by atoms with Gasteiger partial charge in [0.2, 0.25) is 0 Å². The summed E-state index contributed by atoms with van der Waals surface area (Å²) in [5.74, 6) is 0.0833. The van der Waals surface area contributed by atoms with Crippen LogP contribution in [0.1, 0.15) is 27.7 Å². The second-order valence-electron chi connectivity index (χ2n) is 4.11. The monoisotopic (exact) mass is 174 g/mol. The van der Waals surface area contributed by atoms with Crippen molar-refractivity contribution in [2.24, 2.45) is 17.1 Å². The number of hydrogen-bond acceptors (Lipinski definition) is 3. The third-order valence-corrected chi connectivity index (χ3v) is 3.23. The van der Waals surface area contributed by atoms with Gasteiger partial charge >= 0.3 is 0 Å². The first-order valence-corrected chi connectivity index (χ1v) is 4.45. The van der Waals surface area contributed by atoms with Crippen LogP contribution in [0.3, 0.4) is 0 Å².